The van der Waals surface area contributed by atoms with Gasteiger partial charge >= 0.3 is 0 Å². The largest absolute Gasteiger partial charge is 0.324 e. The number of benzene rings is 1. The summed E-state index contributed by atoms with van der Waals surface area (Å²) in [5.41, 5.74) is 3.40. The van der Waals surface area contributed by atoms with Crippen LogP contribution in [-0.4, -0.2) is 34.2 Å². The molecule has 3 aromatic rings. The van der Waals surface area contributed by atoms with Gasteiger partial charge in [0.2, 0.25) is 10.0 Å². The van der Waals surface area contributed by atoms with E-state index in [1.165, 1.54) is 0 Å². The van der Waals surface area contributed by atoms with Crippen molar-refractivity contribution in [3.8, 4) is 0 Å². The Balaban J connectivity index is 1.56. The van der Waals surface area contributed by atoms with Gasteiger partial charge < -0.3 is 5.32 Å². The van der Waals surface area contributed by atoms with E-state index in [1.54, 1.807) is 16.7 Å². The summed E-state index contributed by atoms with van der Waals surface area (Å²) in [6.45, 7) is 4.38. The minimum atomic E-state index is -3.47. The highest BCUT2D eigenvalue weighted by Crippen LogP contribution is 2.34. The molecule has 0 radical (unpaired) electrons. The van der Waals surface area contributed by atoms with Gasteiger partial charge in [-0.15, -0.1) is 0 Å². The van der Waals surface area contributed by atoms with Crippen LogP contribution in [0.3, 0.4) is 0 Å². The highest BCUT2D eigenvalue weighted by atomic mass is 32.2. The summed E-state index contributed by atoms with van der Waals surface area (Å²) in [5.74, 6) is 1.22. The summed E-state index contributed by atoms with van der Waals surface area (Å²) in [6, 6.07) is 13.0. The van der Waals surface area contributed by atoms with Crippen LogP contribution in [0.2, 0.25) is 0 Å². The molecule has 0 spiro atoms. The van der Waals surface area contributed by atoms with E-state index >= 15 is 0 Å². The molecule has 0 saturated carbocycles. The number of pyridine rings is 1. The molecule has 1 fully saturated rings. The number of rotatable bonds is 6. The molecule has 0 aliphatic carbocycles. The van der Waals surface area contributed by atoms with Gasteiger partial charge in [0.05, 0.1) is 29.9 Å². The Kier molecular flexibility index (Phi) is 5.78. The molecule has 30 heavy (non-hydrogen) atoms. The number of anilines is 2. The van der Waals surface area contributed by atoms with Crippen molar-refractivity contribution in [1.82, 2.24) is 19.3 Å². The maximum Gasteiger partial charge on any atom is 0.218 e. The second-order valence-corrected chi connectivity index (χ2v) is 9.55. The lowest BCUT2D eigenvalue weighted by molar-refractivity contribution is 0.389. The summed E-state index contributed by atoms with van der Waals surface area (Å²) in [5, 5.41) is 3.16. The van der Waals surface area contributed by atoms with E-state index in [0.717, 1.165) is 29.7 Å². The fourth-order valence-electron chi connectivity index (χ4n) is 3.81. The number of nitrogens with one attached hydrogen (secondary N) is 1. The van der Waals surface area contributed by atoms with Crippen molar-refractivity contribution in [2.75, 3.05) is 11.9 Å². The predicted octanol–water partition coefficient (Wildman–Crippen LogP) is 3.90. The van der Waals surface area contributed by atoms with Crippen LogP contribution in [0.15, 0.2) is 54.9 Å². The molecule has 1 N–H and O–H groups in total. The molecule has 1 aromatic carbocycles. The Morgan fingerprint density at radius 3 is 2.70 bits per heavy atom. The zero-order chi connectivity index (χ0) is 21.1. The lowest BCUT2D eigenvalue weighted by Crippen LogP contribution is -2.32. The van der Waals surface area contributed by atoms with E-state index in [1.807, 2.05) is 56.3 Å². The number of hydrogen-bond acceptors (Lipinski definition) is 6. The molecule has 7 nitrogen and oxygen atoms in total. The van der Waals surface area contributed by atoms with Crippen molar-refractivity contribution in [1.29, 1.82) is 0 Å². The van der Waals surface area contributed by atoms with Crippen molar-refractivity contribution in [2.45, 2.75) is 38.5 Å². The van der Waals surface area contributed by atoms with Crippen LogP contribution < -0.4 is 5.32 Å². The van der Waals surface area contributed by atoms with Gasteiger partial charge in [-0.2, -0.15) is 4.31 Å². The molecular weight excluding hydrogens is 398 g/mol. The summed E-state index contributed by atoms with van der Waals surface area (Å²) >= 11 is 0. The maximum absolute atomic E-state index is 13.2. The molecule has 1 aliphatic heterocycles. The molecule has 0 bridgehead atoms. The number of sulfonamides is 1. The van der Waals surface area contributed by atoms with Gasteiger partial charge in [0.25, 0.3) is 0 Å². The van der Waals surface area contributed by atoms with Gasteiger partial charge in [0.15, 0.2) is 0 Å². The third-order valence-electron chi connectivity index (χ3n) is 5.13. The first kappa shape index (κ1) is 20.4. The molecule has 2 aromatic heterocycles. The van der Waals surface area contributed by atoms with Crippen LogP contribution in [0.25, 0.3) is 0 Å². The lowest BCUT2D eigenvalue weighted by atomic mass is 10.2. The maximum atomic E-state index is 13.2. The first-order valence-corrected chi connectivity index (χ1v) is 11.6. The normalized spacial score (nSPS) is 17.2. The number of aromatic nitrogens is 3. The molecular formula is C22H25N5O2S. The van der Waals surface area contributed by atoms with Gasteiger partial charge in [-0.05, 0) is 44.4 Å². The van der Waals surface area contributed by atoms with Crippen LogP contribution in [0.1, 0.15) is 41.4 Å². The predicted molar refractivity (Wildman–Crippen MR) is 117 cm³/mol. The molecule has 0 amide bonds. The molecule has 3 heterocycles. The van der Waals surface area contributed by atoms with Crippen molar-refractivity contribution in [3.05, 3.63) is 77.4 Å². The molecule has 8 heteroatoms. The Labute approximate surface area is 177 Å². The van der Waals surface area contributed by atoms with Crippen molar-refractivity contribution >= 4 is 21.7 Å². The average molecular weight is 424 g/mol. The Morgan fingerprint density at radius 1 is 1.07 bits per heavy atom. The number of hydrogen-bond donors (Lipinski definition) is 1. The van der Waals surface area contributed by atoms with Crippen LogP contribution in [0.5, 0.6) is 0 Å². The Hall–Kier alpha value is -2.84. The first-order valence-electron chi connectivity index (χ1n) is 9.98. The Morgan fingerprint density at radius 2 is 1.90 bits per heavy atom. The smallest absolute Gasteiger partial charge is 0.218 e. The van der Waals surface area contributed by atoms with E-state index in [4.69, 9.17) is 0 Å². The molecule has 1 atom stereocenters. The van der Waals surface area contributed by atoms with Gasteiger partial charge in [0, 0.05) is 12.2 Å². The second kappa shape index (κ2) is 8.49. The first-order chi connectivity index (χ1) is 14.4. The van der Waals surface area contributed by atoms with Crippen LogP contribution in [-0.2, 0) is 15.8 Å². The highest BCUT2D eigenvalue weighted by Gasteiger charge is 2.36. The number of nitrogens with zero attached hydrogens (tertiary/aromatic N) is 4. The fourth-order valence-corrected chi connectivity index (χ4v) is 5.58. The Bertz CT molecular complexity index is 1150. The summed E-state index contributed by atoms with van der Waals surface area (Å²) in [6.07, 6.45) is 4.80. The lowest BCUT2D eigenvalue weighted by Gasteiger charge is -2.24. The fraction of sp³-hybridized carbons (Fsp3) is 0.318. The molecule has 156 valence electrons. The van der Waals surface area contributed by atoms with Gasteiger partial charge in [-0.1, -0.05) is 35.9 Å². The minimum absolute atomic E-state index is 0.0102. The average Bonchev–Trinajstić information content (AvgIpc) is 3.19. The molecule has 1 saturated heterocycles. The zero-order valence-corrected chi connectivity index (χ0v) is 17.9. The van der Waals surface area contributed by atoms with Gasteiger partial charge in [-0.25, -0.2) is 18.4 Å². The topological polar surface area (TPSA) is 88.1 Å². The van der Waals surface area contributed by atoms with Gasteiger partial charge in [-0.3, -0.25) is 4.98 Å². The van der Waals surface area contributed by atoms with E-state index in [9.17, 15) is 8.42 Å². The summed E-state index contributed by atoms with van der Waals surface area (Å²) in [4.78, 5) is 13.3. The molecule has 0 unspecified atom stereocenters. The van der Waals surface area contributed by atoms with E-state index in [-0.39, 0.29) is 11.8 Å². The summed E-state index contributed by atoms with van der Waals surface area (Å²) in [7, 11) is -3.47. The third-order valence-corrected chi connectivity index (χ3v) is 6.98. The highest BCUT2D eigenvalue weighted by molar-refractivity contribution is 7.88. The summed E-state index contributed by atoms with van der Waals surface area (Å²) < 4.78 is 27.9. The quantitative estimate of drug-likeness (QED) is 0.647. The van der Waals surface area contributed by atoms with Crippen molar-refractivity contribution in [2.24, 2.45) is 0 Å². The third kappa shape index (κ3) is 4.66. The minimum Gasteiger partial charge on any atom is -0.324 e. The molecule has 4 rings (SSSR count). The number of aryl methyl sites for hydroxylation is 2. The van der Waals surface area contributed by atoms with E-state index in [0.29, 0.717) is 23.9 Å². The van der Waals surface area contributed by atoms with Gasteiger partial charge in [0.1, 0.15) is 11.6 Å². The SMILES string of the molecule is Cc1cccc(CS(=O)(=O)N2CCC[C@H]2c2cncc(Nc3cccc(C)n3)n2)c1. The van der Waals surface area contributed by atoms with Crippen LogP contribution >= 0.6 is 0 Å². The van der Waals surface area contributed by atoms with Crippen molar-refractivity contribution < 1.29 is 8.42 Å². The van der Waals surface area contributed by atoms with Crippen molar-refractivity contribution in [3.63, 3.8) is 0 Å². The monoisotopic (exact) mass is 423 g/mol. The molecule has 1 aliphatic rings. The van der Waals surface area contributed by atoms with Crippen LogP contribution in [0.4, 0.5) is 11.6 Å². The van der Waals surface area contributed by atoms with Crippen LogP contribution in [0, 0.1) is 13.8 Å². The zero-order valence-electron chi connectivity index (χ0n) is 17.1. The van der Waals surface area contributed by atoms with E-state index in [2.05, 4.69) is 20.3 Å². The second-order valence-electron chi connectivity index (χ2n) is 7.63. The standard InChI is InChI=1S/C22H25N5O2S/c1-16-6-3-8-18(12-16)15-30(28,29)27-11-5-9-20(27)19-13-23-14-22(25-19)26-21-10-4-7-17(2)24-21/h3-4,6-8,10,12-14,20H,5,9,11,15H2,1-2H3,(H,24,25,26)/t20-/m0/s1. The van der Waals surface area contributed by atoms with E-state index < -0.39 is 10.0 Å².